The van der Waals surface area contributed by atoms with Crippen molar-refractivity contribution in [1.82, 2.24) is 15.7 Å². The van der Waals surface area contributed by atoms with Gasteiger partial charge in [0, 0.05) is 19.6 Å². The monoisotopic (exact) mass is 355 g/mol. The van der Waals surface area contributed by atoms with Gasteiger partial charge in [-0.3, -0.25) is 14.8 Å². The quantitative estimate of drug-likeness (QED) is 0.568. The summed E-state index contributed by atoms with van der Waals surface area (Å²) in [5, 5.41) is 12.4. The van der Waals surface area contributed by atoms with Crippen molar-refractivity contribution in [3.8, 4) is 0 Å². The van der Waals surface area contributed by atoms with E-state index in [1.165, 1.54) is 11.1 Å². The van der Waals surface area contributed by atoms with E-state index < -0.39 is 17.9 Å². The predicted molar refractivity (Wildman–Crippen MR) is 97.1 cm³/mol. The molecule has 2 amide bonds. The van der Waals surface area contributed by atoms with Gasteiger partial charge in [-0.2, -0.15) is 0 Å². The molecule has 1 spiro atoms. The average molecular weight is 355 g/mol. The second-order valence-electron chi connectivity index (χ2n) is 7.77. The second-order valence-corrected chi connectivity index (χ2v) is 7.77. The van der Waals surface area contributed by atoms with Gasteiger partial charge in [-0.1, -0.05) is 36.4 Å². The fraction of sp³-hybridized carbons (Fsp3) is 0.500. The minimum absolute atomic E-state index is 0.0440. The summed E-state index contributed by atoms with van der Waals surface area (Å²) in [5.41, 5.74) is 4.36. The number of benzene rings is 1. The highest BCUT2D eigenvalue weighted by Gasteiger charge is 2.52. The maximum absolute atomic E-state index is 13.0. The number of nitrogens with zero attached hydrogens (tertiary/aromatic N) is 1. The summed E-state index contributed by atoms with van der Waals surface area (Å²) in [6, 6.07) is 9.65. The Morgan fingerprint density at radius 3 is 2.62 bits per heavy atom. The first kappa shape index (κ1) is 17.2. The summed E-state index contributed by atoms with van der Waals surface area (Å²) >= 11 is 0. The van der Waals surface area contributed by atoms with Crippen LogP contribution in [0.25, 0.3) is 5.57 Å². The molecule has 2 aliphatic heterocycles. The van der Waals surface area contributed by atoms with E-state index in [1.807, 2.05) is 23.1 Å². The molecule has 6 nitrogen and oxygen atoms in total. The molecule has 2 unspecified atom stereocenters. The summed E-state index contributed by atoms with van der Waals surface area (Å²) in [7, 11) is 0. The van der Waals surface area contributed by atoms with E-state index in [0.717, 1.165) is 25.8 Å². The molecule has 0 aromatic heterocycles. The molecule has 138 valence electrons. The number of carbonyl (C=O) groups excluding carboxylic acids is 2. The van der Waals surface area contributed by atoms with Gasteiger partial charge >= 0.3 is 0 Å². The molecule has 2 fully saturated rings. The number of carbonyl (C=O) groups is 2. The third kappa shape index (κ3) is 3.27. The lowest BCUT2D eigenvalue weighted by molar-refractivity contribution is -0.144. The average Bonchev–Trinajstić information content (AvgIpc) is 3.46. The van der Waals surface area contributed by atoms with E-state index in [4.69, 9.17) is 5.21 Å². The summed E-state index contributed by atoms with van der Waals surface area (Å²) < 4.78 is 0. The zero-order valence-corrected chi connectivity index (χ0v) is 14.8. The van der Waals surface area contributed by atoms with Crippen LogP contribution in [0.15, 0.2) is 36.4 Å². The summed E-state index contributed by atoms with van der Waals surface area (Å²) in [4.78, 5) is 27.0. The van der Waals surface area contributed by atoms with Gasteiger partial charge in [0.25, 0.3) is 0 Å². The first-order chi connectivity index (χ1) is 12.6. The van der Waals surface area contributed by atoms with E-state index in [9.17, 15) is 9.59 Å². The lowest BCUT2D eigenvalue weighted by Crippen LogP contribution is -2.59. The SMILES string of the molecule is O=C(NO)C1CC2(CC2)CNC1C(=O)N1CC=C(c2ccccc2)CC1. The number of hydroxylamine groups is 1. The van der Waals surface area contributed by atoms with Crippen molar-refractivity contribution in [1.29, 1.82) is 0 Å². The molecule has 2 heterocycles. The van der Waals surface area contributed by atoms with Crippen molar-refractivity contribution in [3.05, 3.63) is 42.0 Å². The molecule has 6 heteroatoms. The van der Waals surface area contributed by atoms with E-state index in [-0.39, 0.29) is 11.3 Å². The van der Waals surface area contributed by atoms with Crippen LogP contribution in [0.3, 0.4) is 0 Å². The minimum Gasteiger partial charge on any atom is -0.337 e. The number of nitrogens with one attached hydrogen (secondary N) is 2. The number of hydrogen-bond donors (Lipinski definition) is 3. The van der Waals surface area contributed by atoms with Crippen LogP contribution >= 0.6 is 0 Å². The molecule has 1 saturated carbocycles. The molecule has 1 saturated heterocycles. The molecule has 3 N–H and O–H groups in total. The number of rotatable bonds is 3. The molecule has 1 aromatic carbocycles. The lowest BCUT2D eigenvalue weighted by atomic mass is 9.81. The van der Waals surface area contributed by atoms with Crippen molar-refractivity contribution < 1.29 is 14.8 Å². The van der Waals surface area contributed by atoms with Crippen molar-refractivity contribution in [2.45, 2.75) is 31.7 Å². The Morgan fingerprint density at radius 2 is 2.00 bits per heavy atom. The molecule has 3 aliphatic rings. The Labute approximate surface area is 153 Å². The first-order valence-corrected chi connectivity index (χ1v) is 9.32. The lowest BCUT2D eigenvalue weighted by Gasteiger charge is -2.38. The van der Waals surface area contributed by atoms with E-state index in [1.54, 1.807) is 5.48 Å². The molecule has 1 aromatic rings. The van der Waals surface area contributed by atoms with Gasteiger partial charge in [-0.15, -0.1) is 0 Å². The van der Waals surface area contributed by atoms with Gasteiger partial charge in [-0.05, 0) is 42.2 Å². The van der Waals surface area contributed by atoms with Crippen LogP contribution in [0.5, 0.6) is 0 Å². The molecular weight excluding hydrogens is 330 g/mol. The Hall–Kier alpha value is -2.18. The number of hydrogen-bond acceptors (Lipinski definition) is 4. The molecule has 0 bridgehead atoms. The van der Waals surface area contributed by atoms with Crippen LogP contribution in [0.1, 0.15) is 31.2 Å². The van der Waals surface area contributed by atoms with E-state index in [2.05, 4.69) is 23.5 Å². The van der Waals surface area contributed by atoms with Crippen LogP contribution in [0.4, 0.5) is 0 Å². The fourth-order valence-corrected chi connectivity index (χ4v) is 4.25. The summed E-state index contributed by atoms with van der Waals surface area (Å²) in [6.45, 7) is 1.98. The number of amides is 2. The second kappa shape index (κ2) is 6.85. The van der Waals surface area contributed by atoms with Crippen LogP contribution in [0, 0.1) is 11.3 Å². The Bertz CT molecular complexity index is 727. The Morgan fingerprint density at radius 1 is 1.23 bits per heavy atom. The minimum atomic E-state index is -0.556. The zero-order valence-electron chi connectivity index (χ0n) is 14.8. The number of piperidine rings is 1. The Balaban J connectivity index is 1.45. The van der Waals surface area contributed by atoms with Crippen molar-refractivity contribution >= 4 is 17.4 Å². The van der Waals surface area contributed by atoms with Crippen LogP contribution in [-0.4, -0.2) is 47.6 Å². The topological polar surface area (TPSA) is 81.7 Å². The molecule has 4 rings (SSSR count). The first-order valence-electron chi connectivity index (χ1n) is 9.32. The molecular formula is C20H25N3O3. The highest BCUT2D eigenvalue weighted by atomic mass is 16.5. The highest BCUT2D eigenvalue weighted by molar-refractivity contribution is 5.90. The third-order valence-electron chi connectivity index (χ3n) is 6.09. The fourth-order valence-electron chi connectivity index (χ4n) is 4.25. The van der Waals surface area contributed by atoms with Gasteiger partial charge < -0.3 is 10.2 Å². The Kier molecular flexibility index (Phi) is 4.54. The van der Waals surface area contributed by atoms with Gasteiger partial charge in [0.15, 0.2) is 0 Å². The molecule has 26 heavy (non-hydrogen) atoms. The van der Waals surface area contributed by atoms with Gasteiger partial charge in [0.1, 0.15) is 0 Å². The highest BCUT2D eigenvalue weighted by Crippen LogP contribution is 2.52. The smallest absolute Gasteiger partial charge is 0.248 e. The van der Waals surface area contributed by atoms with Crippen molar-refractivity contribution in [3.63, 3.8) is 0 Å². The standard InChI is InChI=1S/C20H25N3O3/c24-18(22-26)16-12-20(8-9-20)13-21-17(16)19(25)23-10-6-15(7-11-23)14-4-2-1-3-5-14/h1-6,16-17,21,26H,7-13H2,(H,22,24). The molecule has 2 atom stereocenters. The zero-order chi connectivity index (χ0) is 18.1. The van der Waals surface area contributed by atoms with Crippen LogP contribution in [-0.2, 0) is 9.59 Å². The van der Waals surface area contributed by atoms with Gasteiger partial charge in [-0.25, -0.2) is 5.48 Å². The van der Waals surface area contributed by atoms with Crippen molar-refractivity contribution in [2.24, 2.45) is 11.3 Å². The van der Waals surface area contributed by atoms with Gasteiger partial charge in [0.2, 0.25) is 11.8 Å². The van der Waals surface area contributed by atoms with Crippen LogP contribution in [0.2, 0.25) is 0 Å². The largest absolute Gasteiger partial charge is 0.337 e. The molecule has 1 aliphatic carbocycles. The third-order valence-corrected chi connectivity index (χ3v) is 6.09. The van der Waals surface area contributed by atoms with Gasteiger partial charge in [0.05, 0.1) is 12.0 Å². The summed E-state index contributed by atoms with van der Waals surface area (Å²) in [6.07, 6.45) is 5.75. The molecule has 0 radical (unpaired) electrons. The summed E-state index contributed by atoms with van der Waals surface area (Å²) in [5.74, 6) is -1.01. The van der Waals surface area contributed by atoms with Crippen LogP contribution < -0.4 is 10.8 Å². The maximum Gasteiger partial charge on any atom is 0.248 e. The predicted octanol–water partition coefficient (Wildman–Crippen LogP) is 1.57. The maximum atomic E-state index is 13.0. The normalized spacial score (nSPS) is 27.0. The van der Waals surface area contributed by atoms with E-state index >= 15 is 0 Å². The van der Waals surface area contributed by atoms with E-state index in [0.29, 0.717) is 19.5 Å². The van der Waals surface area contributed by atoms with Crippen molar-refractivity contribution in [2.75, 3.05) is 19.6 Å².